The summed E-state index contributed by atoms with van der Waals surface area (Å²) in [5, 5.41) is 7.28. The van der Waals surface area contributed by atoms with Crippen LogP contribution in [0.5, 0.6) is 0 Å². The number of guanidine groups is 1. The summed E-state index contributed by atoms with van der Waals surface area (Å²) < 4.78 is 5.37. The molecule has 0 saturated carbocycles. The SMILES string of the molecule is CCN1CCCC1CNC(N)=NCc1cc(-c2ccccc2)on1.I. The van der Waals surface area contributed by atoms with Gasteiger partial charge < -0.3 is 15.6 Å². The fraction of sp³-hybridized carbons (Fsp3) is 0.444. The number of aliphatic imine (C=N–C) groups is 1. The van der Waals surface area contributed by atoms with Crippen molar-refractivity contribution in [3.63, 3.8) is 0 Å². The first-order valence-electron chi connectivity index (χ1n) is 8.55. The van der Waals surface area contributed by atoms with Gasteiger partial charge in [-0.05, 0) is 25.9 Å². The van der Waals surface area contributed by atoms with Crippen LogP contribution >= 0.6 is 24.0 Å². The average Bonchev–Trinajstić information content (AvgIpc) is 3.28. The van der Waals surface area contributed by atoms with Crippen molar-refractivity contribution in [3.8, 4) is 11.3 Å². The maximum absolute atomic E-state index is 5.97. The minimum absolute atomic E-state index is 0. The minimum Gasteiger partial charge on any atom is -0.370 e. The third kappa shape index (κ3) is 5.43. The Balaban J connectivity index is 0.00000225. The van der Waals surface area contributed by atoms with Crippen LogP contribution in [0.4, 0.5) is 0 Å². The van der Waals surface area contributed by atoms with Crippen LogP contribution in [0.25, 0.3) is 11.3 Å². The van der Waals surface area contributed by atoms with Gasteiger partial charge >= 0.3 is 0 Å². The summed E-state index contributed by atoms with van der Waals surface area (Å²) in [6, 6.07) is 12.4. The molecule has 0 aliphatic carbocycles. The van der Waals surface area contributed by atoms with Crippen LogP contribution in [0.1, 0.15) is 25.5 Å². The lowest BCUT2D eigenvalue weighted by Crippen LogP contribution is -2.42. The first kappa shape index (κ1) is 19.7. The maximum atomic E-state index is 5.97. The highest BCUT2D eigenvalue weighted by atomic mass is 127. The summed E-state index contributed by atoms with van der Waals surface area (Å²) in [7, 11) is 0. The van der Waals surface area contributed by atoms with Gasteiger partial charge in [-0.25, -0.2) is 4.99 Å². The summed E-state index contributed by atoms with van der Waals surface area (Å²) in [5.74, 6) is 1.21. The molecule has 1 aromatic heterocycles. The molecule has 1 saturated heterocycles. The molecule has 0 amide bonds. The van der Waals surface area contributed by atoms with Crippen LogP contribution in [-0.2, 0) is 6.54 Å². The zero-order chi connectivity index (χ0) is 16.8. The molecule has 0 spiro atoms. The Labute approximate surface area is 165 Å². The number of nitrogens with two attached hydrogens (primary N) is 1. The Morgan fingerprint density at radius 1 is 1.40 bits per heavy atom. The Bertz CT molecular complexity index is 673. The fourth-order valence-electron chi connectivity index (χ4n) is 3.11. The van der Waals surface area contributed by atoms with Crippen molar-refractivity contribution in [2.75, 3.05) is 19.6 Å². The molecule has 1 fully saturated rings. The number of benzene rings is 1. The molecule has 1 unspecified atom stereocenters. The third-order valence-corrected chi connectivity index (χ3v) is 4.45. The number of nitrogens with one attached hydrogen (secondary N) is 1. The molecular weight excluding hydrogens is 429 g/mol. The smallest absolute Gasteiger partial charge is 0.189 e. The van der Waals surface area contributed by atoms with Crippen molar-refractivity contribution in [1.82, 2.24) is 15.4 Å². The van der Waals surface area contributed by atoms with Crippen LogP contribution < -0.4 is 11.1 Å². The van der Waals surface area contributed by atoms with Crippen LogP contribution in [0.15, 0.2) is 45.9 Å². The van der Waals surface area contributed by atoms with E-state index in [1.54, 1.807) is 0 Å². The quantitative estimate of drug-likeness (QED) is 0.398. The fourth-order valence-corrected chi connectivity index (χ4v) is 3.11. The van der Waals surface area contributed by atoms with Crippen molar-refractivity contribution >= 4 is 29.9 Å². The molecule has 3 N–H and O–H groups in total. The van der Waals surface area contributed by atoms with E-state index in [0.717, 1.165) is 30.1 Å². The zero-order valence-corrected chi connectivity index (χ0v) is 16.8. The molecule has 0 radical (unpaired) electrons. The number of hydrogen-bond acceptors (Lipinski definition) is 4. The second kappa shape index (κ2) is 9.76. The molecule has 0 bridgehead atoms. The lowest BCUT2D eigenvalue weighted by atomic mass is 10.2. The molecular formula is C18H26IN5O. The standard InChI is InChI=1S/C18H25N5O.HI/c1-2-23-10-6-9-16(23)13-21-18(19)20-12-15-11-17(24-22-15)14-7-4-3-5-8-14;/h3-5,7-8,11,16H,2,6,9-10,12-13H2,1H3,(H3,19,20,21);1H. The van der Waals surface area contributed by atoms with Crippen molar-refractivity contribution in [2.24, 2.45) is 10.7 Å². The summed E-state index contributed by atoms with van der Waals surface area (Å²) in [4.78, 5) is 6.83. The molecule has 25 heavy (non-hydrogen) atoms. The summed E-state index contributed by atoms with van der Waals surface area (Å²) in [5.41, 5.74) is 7.75. The molecule has 2 heterocycles. The van der Waals surface area contributed by atoms with Gasteiger partial charge in [0.1, 0.15) is 5.69 Å². The molecule has 3 rings (SSSR count). The van der Waals surface area contributed by atoms with E-state index >= 15 is 0 Å². The van der Waals surface area contributed by atoms with Crippen molar-refractivity contribution < 1.29 is 4.52 Å². The molecule has 1 aromatic carbocycles. The molecule has 1 atom stereocenters. The average molecular weight is 455 g/mol. The summed E-state index contributed by atoms with van der Waals surface area (Å²) in [6.07, 6.45) is 2.48. The number of rotatable bonds is 6. The summed E-state index contributed by atoms with van der Waals surface area (Å²) in [6.45, 7) is 5.73. The number of likely N-dealkylation sites (tertiary alicyclic amines) is 1. The monoisotopic (exact) mass is 455 g/mol. The van der Waals surface area contributed by atoms with Gasteiger partial charge in [0.05, 0.1) is 6.54 Å². The van der Waals surface area contributed by atoms with Gasteiger partial charge in [0.25, 0.3) is 0 Å². The van der Waals surface area contributed by atoms with Gasteiger partial charge in [0, 0.05) is 24.2 Å². The van der Waals surface area contributed by atoms with Crippen molar-refractivity contribution in [2.45, 2.75) is 32.4 Å². The number of nitrogens with zero attached hydrogens (tertiary/aromatic N) is 3. The zero-order valence-electron chi connectivity index (χ0n) is 14.5. The Morgan fingerprint density at radius 2 is 2.20 bits per heavy atom. The highest BCUT2D eigenvalue weighted by molar-refractivity contribution is 14.0. The predicted octanol–water partition coefficient (Wildman–Crippen LogP) is 2.85. The number of likely N-dealkylation sites (N-methyl/N-ethyl adjacent to an activating group) is 1. The van der Waals surface area contributed by atoms with E-state index in [9.17, 15) is 0 Å². The second-order valence-electron chi connectivity index (χ2n) is 6.06. The summed E-state index contributed by atoms with van der Waals surface area (Å²) >= 11 is 0. The Kier molecular flexibility index (Phi) is 7.70. The Hall–Kier alpha value is -1.61. The number of halogens is 1. The van der Waals surface area contributed by atoms with Crippen LogP contribution in [0.3, 0.4) is 0 Å². The van der Waals surface area contributed by atoms with E-state index in [0.29, 0.717) is 18.5 Å². The second-order valence-corrected chi connectivity index (χ2v) is 6.06. The highest BCUT2D eigenvalue weighted by Crippen LogP contribution is 2.20. The first-order valence-corrected chi connectivity index (χ1v) is 8.55. The van der Waals surface area contributed by atoms with Crippen molar-refractivity contribution in [1.29, 1.82) is 0 Å². The minimum atomic E-state index is 0. The topological polar surface area (TPSA) is 79.7 Å². The Morgan fingerprint density at radius 3 is 2.96 bits per heavy atom. The van der Waals surface area contributed by atoms with Crippen molar-refractivity contribution in [3.05, 3.63) is 42.1 Å². The molecule has 7 heteroatoms. The lowest BCUT2D eigenvalue weighted by molar-refractivity contribution is 0.267. The van der Waals surface area contributed by atoms with E-state index in [-0.39, 0.29) is 24.0 Å². The highest BCUT2D eigenvalue weighted by Gasteiger charge is 2.22. The lowest BCUT2D eigenvalue weighted by Gasteiger charge is -2.23. The van der Waals surface area contributed by atoms with E-state index in [1.165, 1.54) is 19.4 Å². The van der Waals surface area contributed by atoms with E-state index in [2.05, 4.69) is 27.3 Å². The van der Waals surface area contributed by atoms with Gasteiger partial charge in [-0.15, -0.1) is 24.0 Å². The van der Waals surface area contributed by atoms with Gasteiger partial charge in [0.15, 0.2) is 11.7 Å². The van der Waals surface area contributed by atoms with Gasteiger partial charge in [0.2, 0.25) is 0 Å². The maximum Gasteiger partial charge on any atom is 0.189 e. The molecule has 1 aliphatic heterocycles. The van der Waals surface area contributed by atoms with E-state index in [1.807, 2.05) is 36.4 Å². The van der Waals surface area contributed by atoms with Gasteiger partial charge in [-0.2, -0.15) is 0 Å². The van der Waals surface area contributed by atoms with Gasteiger partial charge in [-0.3, -0.25) is 4.90 Å². The van der Waals surface area contributed by atoms with E-state index < -0.39 is 0 Å². The molecule has 1 aliphatic rings. The van der Waals surface area contributed by atoms with Crippen LogP contribution in [-0.4, -0.2) is 41.7 Å². The largest absolute Gasteiger partial charge is 0.370 e. The first-order chi connectivity index (χ1) is 11.8. The van der Waals surface area contributed by atoms with Gasteiger partial charge in [-0.1, -0.05) is 42.4 Å². The molecule has 6 nitrogen and oxygen atoms in total. The number of aromatic nitrogens is 1. The van der Waals surface area contributed by atoms with E-state index in [4.69, 9.17) is 10.3 Å². The normalized spacial score (nSPS) is 18.1. The third-order valence-electron chi connectivity index (χ3n) is 4.45. The molecule has 136 valence electrons. The number of hydrogen-bond donors (Lipinski definition) is 2. The van der Waals surface area contributed by atoms with Crippen LogP contribution in [0, 0.1) is 0 Å². The molecule has 2 aromatic rings. The predicted molar refractivity (Wildman–Crippen MR) is 111 cm³/mol. The van der Waals surface area contributed by atoms with Crippen LogP contribution in [0.2, 0.25) is 0 Å².